The average Bonchev–Trinajstić information content (AvgIpc) is 2.87. The monoisotopic (exact) mass is 527 g/mol. The number of ketones is 3. The zero-order valence-corrected chi connectivity index (χ0v) is 20.9. The lowest BCUT2D eigenvalue weighted by molar-refractivity contribution is -0.225. The quantitative estimate of drug-likeness (QED) is 0.298. The second kappa shape index (κ2) is 9.44. The Labute approximate surface area is 217 Å². The van der Waals surface area contributed by atoms with Crippen LogP contribution < -0.4 is 10.5 Å². The number of hydrogen-bond acceptors (Lipinski definition) is 11. The smallest absolute Gasteiger partial charge is 0.202 e. The van der Waals surface area contributed by atoms with Crippen LogP contribution in [0.25, 0.3) is 0 Å². The Balaban J connectivity index is 1.70. The van der Waals surface area contributed by atoms with Crippen LogP contribution in [0, 0.1) is 0 Å². The van der Waals surface area contributed by atoms with Gasteiger partial charge in [-0.3, -0.25) is 14.4 Å². The molecule has 38 heavy (non-hydrogen) atoms. The van der Waals surface area contributed by atoms with Gasteiger partial charge in [0.1, 0.15) is 29.5 Å². The van der Waals surface area contributed by atoms with E-state index >= 15 is 0 Å². The molecule has 11 heteroatoms. The first kappa shape index (κ1) is 26.3. The Kier molecular flexibility index (Phi) is 6.52. The number of aliphatic hydroxyl groups is 2. The third kappa shape index (κ3) is 3.98. The molecule has 0 aromatic heterocycles. The van der Waals surface area contributed by atoms with Crippen LogP contribution in [0.15, 0.2) is 18.2 Å². The predicted molar refractivity (Wildman–Crippen MR) is 130 cm³/mol. The molecule has 0 saturated carbocycles. The van der Waals surface area contributed by atoms with E-state index in [-0.39, 0.29) is 46.6 Å². The van der Waals surface area contributed by atoms with Crippen LogP contribution in [0.1, 0.15) is 75.3 Å². The fourth-order valence-corrected chi connectivity index (χ4v) is 5.81. The molecule has 3 aliphatic rings. The highest BCUT2D eigenvalue weighted by molar-refractivity contribution is 6.31. The molecule has 1 heterocycles. The minimum Gasteiger partial charge on any atom is -0.507 e. The number of fused-ring (bicyclic) bond motifs is 3. The topological polar surface area (TPSA) is 186 Å². The van der Waals surface area contributed by atoms with Crippen LogP contribution >= 0.6 is 0 Å². The second-order valence-corrected chi connectivity index (χ2v) is 10.1. The summed E-state index contributed by atoms with van der Waals surface area (Å²) >= 11 is 0. The summed E-state index contributed by atoms with van der Waals surface area (Å²) in [6, 6.07) is 4.17. The molecule has 0 radical (unpaired) electrons. The molecule has 0 bridgehead atoms. The zero-order chi connectivity index (χ0) is 27.5. The van der Waals surface area contributed by atoms with Gasteiger partial charge in [0.25, 0.3) is 0 Å². The molecule has 1 aliphatic heterocycles. The average molecular weight is 528 g/mol. The van der Waals surface area contributed by atoms with Gasteiger partial charge >= 0.3 is 0 Å². The number of phenolic OH excluding ortho intramolecular Hbond substituents is 2. The third-order valence-electron chi connectivity index (χ3n) is 7.57. The number of ether oxygens (including phenoxy) is 3. The van der Waals surface area contributed by atoms with Crippen LogP contribution in [-0.2, 0) is 20.7 Å². The molecule has 2 aliphatic carbocycles. The van der Waals surface area contributed by atoms with E-state index in [0.29, 0.717) is 6.42 Å². The maximum absolute atomic E-state index is 13.6. The van der Waals surface area contributed by atoms with Crippen molar-refractivity contribution in [2.75, 3.05) is 13.7 Å². The first-order chi connectivity index (χ1) is 18.0. The highest BCUT2D eigenvalue weighted by atomic mass is 16.7. The minimum absolute atomic E-state index is 0.0274. The number of carbonyl (C=O) groups excluding carboxylic acids is 3. The fourth-order valence-electron chi connectivity index (χ4n) is 5.81. The normalized spacial score (nSPS) is 28.3. The van der Waals surface area contributed by atoms with Crippen LogP contribution in [0.2, 0.25) is 0 Å². The number of methoxy groups -OCH3 is 1. The molecule has 2 aromatic rings. The van der Waals surface area contributed by atoms with Crippen molar-refractivity contribution < 1.29 is 49.0 Å². The van der Waals surface area contributed by atoms with E-state index in [1.807, 2.05) is 6.92 Å². The van der Waals surface area contributed by atoms with Crippen LogP contribution in [0.4, 0.5) is 0 Å². The van der Waals surface area contributed by atoms with Crippen molar-refractivity contribution in [2.24, 2.45) is 5.73 Å². The molecule has 4 unspecified atom stereocenters. The van der Waals surface area contributed by atoms with Gasteiger partial charge in [-0.15, -0.1) is 0 Å². The first-order valence-corrected chi connectivity index (χ1v) is 12.3. The molecule has 5 rings (SSSR count). The van der Waals surface area contributed by atoms with Gasteiger partial charge in [0, 0.05) is 42.0 Å². The maximum Gasteiger partial charge on any atom is 0.202 e. The van der Waals surface area contributed by atoms with E-state index in [2.05, 4.69) is 0 Å². The van der Waals surface area contributed by atoms with Crippen LogP contribution in [-0.4, -0.2) is 75.5 Å². The molecule has 0 amide bonds. The number of aromatic hydroxyl groups is 2. The van der Waals surface area contributed by atoms with Crippen LogP contribution in [0.3, 0.4) is 0 Å². The highest BCUT2D eigenvalue weighted by Gasteiger charge is 2.49. The number of carbonyl (C=O) groups is 3. The minimum atomic E-state index is -2.18. The standard InChI is InChI=1S/C27H29NO10/c1-11-6-12(28)7-18(37-11)38-16-9-27(35,17(30)10-29)8-14-20(16)26(34)22-21(24(14)32)23(31)13-4-3-5-15(36-2)19(13)25(22)33/h3-5,11-12,16,18,29,32,34-35H,6-10,28H2,1-2H3/t11?,12?,16?,18?,27-/m0/s1. The fraction of sp³-hybridized carbons (Fsp3) is 0.444. The molecular formula is C27H29NO10. The lowest BCUT2D eigenvalue weighted by Gasteiger charge is -2.41. The van der Waals surface area contributed by atoms with Gasteiger partial charge in [0.05, 0.1) is 36.0 Å². The van der Waals surface area contributed by atoms with Gasteiger partial charge in [-0.2, -0.15) is 0 Å². The van der Waals surface area contributed by atoms with Crippen molar-refractivity contribution in [3.05, 3.63) is 51.6 Å². The van der Waals surface area contributed by atoms with Gasteiger partial charge in [-0.25, -0.2) is 0 Å². The number of benzene rings is 2. The van der Waals surface area contributed by atoms with Crippen molar-refractivity contribution in [1.82, 2.24) is 0 Å². The lowest BCUT2D eigenvalue weighted by Crippen LogP contribution is -2.48. The SMILES string of the molecule is COc1cccc2c1C(=O)c1c(O)c3c(c(O)c1C2=O)C[C@@](O)(C(=O)CO)CC3OC1CC(N)CC(C)O1. The summed E-state index contributed by atoms with van der Waals surface area (Å²) in [6.07, 6.45) is -2.45. The van der Waals surface area contributed by atoms with Gasteiger partial charge < -0.3 is 40.4 Å². The van der Waals surface area contributed by atoms with E-state index in [4.69, 9.17) is 19.9 Å². The number of phenols is 2. The van der Waals surface area contributed by atoms with Gasteiger partial charge in [0.2, 0.25) is 5.78 Å². The van der Waals surface area contributed by atoms with Crippen LogP contribution in [0.5, 0.6) is 17.2 Å². The number of aliphatic hydroxyl groups excluding tert-OH is 1. The first-order valence-electron chi connectivity index (χ1n) is 12.3. The molecule has 0 spiro atoms. The maximum atomic E-state index is 13.6. The predicted octanol–water partition coefficient (Wildman–Crippen LogP) is 1.03. The van der Waals surface area contributed by atoms with E-state index < -0.39 is 77.4 Å². The number of rotatable bonds is 5. The van der Waals surface area contributed by atoms with Crippen molar-refractivity contribution in [1.29, 1.82) is 0 Å². The van der Waals surface area contributed by atoms with Gasteiger partial charge in [-0.05, 0) is 19.4 Å². The molecule has 5 atom stereocenters. The molecule has 2 aromatic carbocycles. The molecule has 11 nitrogen and oxygen atoms in total. The summed E-state index contributed by atoms with van der Waals surface area (Å²) in [4.78, 5) is 39.7. The van der Waals surface area contributed by atoms with Crippen molar-refractivity contribution in [3.8, 4) is 17.2 Å². The van der Waals surface area contributed by atoms with Gasteiger partial charge in [-0.1, -0.05) is 12.1 Å². The Bertz CT molecular complexity index is 1340. The summed E-state index contributed by atoms with van der Waals surface area (Å²) in [6.45, 7) is 0.827. The third-order valence-corrected chi connectivity index (χ3v) is 7.57. The summed E-state index contributed by atoms with van der Waals surface area (Å²) < 4.78 is 17.2. The molecule has 1 saturated heterocycles. The van der Waals surface area contributed by atoms with E-state index in [1.165, 1.54) is 25.3 Å². The summed E-state index contributed by atoms with van der Waals surface area (Å²) in [5.74, 6) is -3.55. The van der Waals surface area contributed by atoms with Gasteiger partial charge in [0.15, 0.2) is 17.9 Å². The van der Waals surface area contributed by atoms with E-state index in [9.17, 15) is 34.8 Å². The zero-order valence-electron chi connectivity index (χ0n) is 20.9. The number of Topliss-reactive ketones (excluding diaryl/α,β-unsaturated/α-hetero) is 1. The summed E-state index contributed by atoms with van der Waals surface area (Å²) in [5.41, 5.74) is 2.78. The molecular weight excluding hydrogens is 498 g/mol. The Morgan fingerprint density at radius 2 is 1.84 bits per heavy atom. The van der Waals surface area contributed by atoms with Crippen molar-refractivity contribution in [2.45, 2.75) is 62.7 Å². The summed E-state index contributed by atoms with van der Waals surface area (Å²) in [7, 11) is 1.34. The van der Waals surface area contributed by atoms with E-state index in [0.717, 1.165) is 0 Å². The second-order valence-electron chi connectivity index (χ2n) is 10.1. The Hall–Kier alpha value is -3.35. The van der Waals surface area contributed by atoms with Crippen molar-refractivity contribution >= 4 is 17.3 Å². The summed E-state index contributed by atoms with van der Waals surface area (Å²) in [5, 5.41) is 43.6. The lowest BCUT2D eigenvalue weighted by atomic mass is 9.72. The number of hydrogen-bond donors (Lipinski definition) is 5. The Morgan fingerprint density at radius 3 is 2.50 bits per heavy atom. The molecule has 202 valence electrons. The highest BCUT2D eigenvalue weighted by Crippen LogP contribution is 2.52. The molecule has 6 N–H and O–H groups in total. The largest absolute Gasteiger partial charge is 0.507 e. The molecule has 1 fully saturated rings. The number of nitrogens with two attached hydrogens (primary N) is 1. The van der Waals surface area contributed by atoms with Crippen molar-refractivity contribution in [3.63, 3.8) is 0 Å². The van der Waals surface area contributed by atoms with E-state index in [1.54, 1.807) is 0 Å². The Morgan fingerprint density at radius 1 is 1.13 bits per heavy atom.